The van der Waals surface area contributed by atoms with Crippen LogP contribution in [0.2, 0.25) is 0 Å². The molecule has 1 aromatic rings. The summed E-state index contributed by atoms with van der Waals surface area (Å²) < 4.78 is 28.0. The minimum atomic E-state index is -2.54. The molecule has 0 radical (unpaired) electrons. The van der Waals surface area contributed by atoms with Crippen molar-refractivity contribution in [2.45, 2.75) is 50.9 Å². The zero-order chi connectivity index (χ0) is 15.4. The van der Waals surface area contributed by atoms with Crippen LogP contribution < -0.4 is 10.6 Å². The number of anilines is 1. The summed E-state index contributed by atoms with van der Waals surface area (Å²) in [6, 6.07) is 4.08. The van der Waals surface area contributed by atoms with Crippen molar-refractivity contribution in [1.82, 2.24) is 10.3 Å². The van der Waals surface area contributed by atoms with E-state index in [-0.39, 0.29) is 43.6 Å². The van der Waals surface area contributed by atoms with Crippen LogP contribution in [0.4, 0.5) is 14.6 Å². The molecule has 0 bridgehead atoms. The molecule has 1 saturated heterocycles. The van der Waals surface area contributed by atoms with E-state index in [0.29, 0.717) is 12.8 Å². The van der Waals surface area contributed by atoms with Gasteiger partial charge >= 0.3 is 0 Å². The Labute approximate surface area is 155 Å². The number of rotatable bonds is 6. The highest BCUT2D eigenvalue weighted by Gasteiger charge is 2.33. The first kappa shape index (κ1) is 21.4. The number of fused-ring (bicyclic) bond motifs is 1. The van der Waals surface area contributed by atoms with Crippen molar-refractivity contribution >= 4 is 30.6 Å². The maximum atomic E-state index is 14.0. The first-order chi connectivity index (χ1) is 10.6. The van der Waals surface area contributed by atoms with Gasteiger partial charge in [0.05, 0.1) is 0 Å². The number of hydrogen-bond acceptors (Lipinski definition) is 3. The van der Waals surface area contributed by atoms with Crippen LogP contribution in [0.5, 0.6) is 0 Å². The third kappa shape index (κ3) is 6.01. The van der Waals surface area contributed by atoms with E-state index in [1.54, 1.807) is 0 Å². The van der Waals surface area contributed by atoms with Gasteiger partial charge in [0.15, 0.2) is 0 Å². The van der Waals surface area contributed by atoms with Gasteiger partial charge in [-0.2, -0.15) is 0 Å². The fourth-order valence-corrected chi connectivity index (χ4v) is 3.45. The SMILES string of the molecule is Cl.Cl.FC(F)(CCCc1ccc2c(n1)NCCC2)C[C@@H]1CCNC1. The quantitative estimate of drug-likeness (QED) is 0.773. The third-order valence-electron chi connectivity index (χ3n) is 4.68. The van der Waals surface area contributed by atoms with E-state index >= 15 is 0 Å². The molecule has 0 unspecified atom stereocenters. The lowest BCUT2D eigenvalue weighted by atomic mass is 9.96. The number of pyridine rings is 1. The molecule has 1 aromatic heterocycles. The third-order valence-corrected chi connectivity index (χ3v) is 4.68. The second kappa shape index (κ2) is 9.73. The molecule has 24 heavy (non-hydrogen) atoms. The number of nitrogens with zero attached hydrogens (tertiary/aromatic N) is 1. The van der Waals surface area contributed by atoms with Gasteiger partial charge in [-0.05, 0) is 62.7 Å². The van der Waals surface area contributed by atoms with Gasteiger partial charge in [0.25, 0.3) is 0 Å². The molecule has 3 nitrogen and oxygen atoms in total. The number of aryl methyl sites for hydroxylation is 2. The highest BCUT2D eigenvalue weighted by molar-refractivity contribution is 5.85. The Morgan fingerprint density at radius 2 is 2.04 bits per heavy atom. The molecule has 1 fully saturated rings. The van der Waals surface area contributed by atoms with Gasteiger partial charge in [0, 0.05) is 25.1 Å². The van der Waals surface area contributed by atoms with E-state index in [0.717, 1.165) is 50.4 Å². The lowest BCUT2D eigenvalue weighted by molar-refractivity contribution is -0.0303. The Kier molecular flexibility index (Phi) is 8.68. The van der Waals surface area contributed by atoms with Gasteiger partial charge in [0.1, 0.15) is 5.82 Å². The van der Waals surface area contributed by atoms with E-state index in [1.165, 1.54) is 5.56 Å². The molecule has 7 heteroatoms. The molecule has 0 aliphatic carbocycles. The number of halogens is 4. The summed E-state index contributed by atoms with van der Waals surface area (Å²) in [6.07, 6.45) is 4.20. The van der Waals surface area contributed by atoms with E-state index in [1.807, 2.05) is 6.07 Å². The van der Waals surface area contributed by atoms with Gasteiger partial charge in [-0.3, -0.25) is 0 Å². The summed E-state index contributed by atoms with van der Waals surface area (Å²) in [6.45, 7) is 2.58. The molecule has 1 atom stereocenters. The van der Waals surface area contributed by atoms with E-state index < -0.39 is 5.92 Å². The molecule has 3 rings (SSSR count). The summed E-state index contributed by atoms with van der Waals surface area (Å²) >= 11 is 0. The molecular formula is C17H27Cl2F2N3. The van der Waals surface area contributed by atoms with Crippen molar-refractivity contribution in [3.05, 3.63) is 23.4 Å². The predicted octanol–water partition coefficient (Wildman–Crippen LogP) is 4.24. The molecule has 2 aliphatic rings. The number of hydrogen-bond donors (Lipinski definition) is 2. The van der Waals surface area contributed by atoms with Crippen molar-refractivity contribution in [1.29, 1.82) is 0 Å². The molecule has 2 aliphatic heterocycles. The Morgan fingerprint density at radius 1 is 1.21 bits per heavy atom. The normalized spacial score (nSPS) is 19.7. The van der Waals surface area contributed by atoms with E-state index in [9.17, 15) is 8.78 Å². The first-order valence-electron chi connectivity index (χ1n) is 8.44. The number of nitrogens with one attached hydrogen (secondary N) is 2. The standard InChI is InChI=1S/C17H25F2N3.2ClH/c18-17(19,11-13-7-10-20-12-13)8-1-4-15-6-5-14-3-2-9-21-16(14)22-15;;/h5-6,13,20H,1-4,7-12H2,(H,21,22);2*1H/t13-;;/m0../s1. The van der Waals surface area contributed by atoms with Crippen molar-refractivity contribution in [3.8, 4) is 0 Å². The Bertz CT molecular complexity index is 509. The Hall–Kier alpha value is -0.650. The lowest BCUT2D eigenvalue weighted by Gasteiger charge is -2.20. The molecule has 0 saturated carbocycles. The van der Waals surface area contributed by atoms with E-state index in [2.05, 4.69) is 21.7 Å². The summed E-state index contributed by atoms with van der Waals surface area (Å²) in [5, 5.41) is 6.45. The van der Waals surface area contributed by atoms with Crippen molar-refractivity contribution in [3.63, 3.8) is 0 Å². The zero-order valence-electron chi connectivity index (χ0n) is 13.8. The van der Waals surface area contributed by atoms with Gasteiger partial charge in [0.2, 0.25) is 5.92 Å². The molecule has 0 aromatic carbocycles. The van der Waals surface area contributed by atoms with Crippen LogP contribution in [0.1, 0.15) is 43.4 Å². The fourth-order valence-electron chi connectivity index (χ4n) is 3.45. The summed E-state index contributed by atoms with van der Waals surface area (Å²) in [5.74, 6) is -1.45. The van der Waals surface area contributed by atoms with Gasteiger partial charge in [-0.1, -0.05) is 6.07 Å². The van der Waals surface area contributed by atoms with Crippen LogP contribution >= 0.6 is 24.8 Å². The van der Waals surface area contributed by atoms with Crippen LogP contribution in [0, 0.1) is 5.92 Å². The average molecular weight is 382 g/mol. The molecule has 3 heterocycles. The predicted molar refractivity (Wildman–Crippen MR) is 99.0 cm³/mol. The van der Waals surface area contributed by atoms with Crippen LogP contribution in [0.3, 0.4) is 0 Å². The summed E-state index contributed by atoms with van der Waals surface area (Å²) in [7, 11) is 0. The topological polar surface area (TPSA) is 37.0 Å². The Balaban J connectivity index is 0.00000144. The number of alkyl halides is 2. The smallest absolute Gasteiger partial charge is 0.248 e. The summed E-state index contributed by atoms with van der Waals surface area (Å²) in [5.41, 5.74) is 2.17. The van der Waals surface area contributed by atoms with Crippen LogP contribution in [0.15, 0.2) is 12.1 Å². The highest BCUT2D eigenvalue weighted by atomic mass is 35.5. The minimum absolute atomic E-state index is 0. The van der Waals surface area contributed by atoms with Gasteiger partial charge in [-0.15, -0.1) is 24.8 Å². The molecule has 2 N–H and O–H groups in total. The summed E-state index contributed by atoms with van der Waals surface area (Å²) in [4.78, 5) is 4.57. The highest BCUT2D eigenvalue weighted by Crippen LogP contribution is 2.31. The van der Waals surface area contributed by atoms with Crippen molar-refractivity contribution < 1.29 is 8.78 Å². The van der Waals surface area contributed by atoms with Crippen molar-refractivity contribution in [2.75, 3.05) is 25.0 Å². The van der Waals surface area contributed by atoms with Gasteiger partial charge in [-0.25, -0.2) is 13.8 Å². The van der Waals surface area contributed by atoms with Crippen LogP contribution in [-0.2, 0) is 12.8 Å². The molecule has 0 spiro atoms. The van der Waals surface area contributed by atoms with Crippen LogP contribution in [0.25, 0.3) is 0 Å². The molecule has 138 valence electrons. The second-order valence-corrected chi connectivity index (χ2v) is 6.61. The minimum Gasteiger partial charge on any atom is -0.370 e. The maximum Gasteiger partial charge on any atom is 0.248 e. The largest absolute Gasteiger partial charge is 0.370 e. The number of aromatic nitrogens is 1. The molecule has 0 amide bonds. The lowest BCUT2D eigenvalue weighted by Crippen LogP contribution is -2.22. The van der Waals surface area contributed by atoms with Gasteiger partial charge < -0.3 is 10.6 Å². The maximum absolute atomic E-state index is 14.0. The average Bonchev–Trinajstić information content (AvgIpc) is 2.99. The first-order valence-corrected chi connectivity index (χ1v) is 8.44. The fraction of sp³-hybridized carbons (Fsp3) is 0.706. The molecular weight excluding hydrogens is 355 g/mol. The van der Waals surface area contributed by atoms with Crippen LogP contribution in [-0.4, -0.2) is 30.5 Å². The second-order valence-electron chi connectivity index (χ2n) is 6.61. The Morgan fingerprint density at radius 3 is 2.79 bits per heavy atom. The van der Waals surface area contributed by atoms with E-state index in [4.69, 9.17) is 0 Å². The van der Waals surface area contributed by atoms with Crippen molar-refractivity contribution in [2.24, 2.45) is 5.92 Å². The zero-order valence-corrected chi connectivity index (χ0v) is 15.5. The monoisotopic (exact) mass is 381 g/mol.